The lowest BCUT2D eigenvalue weighted by Crippen LogP contribution is -2.36. The number of H-pyrrole nitrogens is 1. The van der Waals surface area contributed by atoms with Crippen molar-refractivity contribution in [3.63, 3.8) is 0 Å². The van der Waals surface area contributed by atoms with Crippen LogP contribution in [0.15, 0.2) is 42.5 Å². The van der Waals surface area contributed by atoms with E-state index in [1.165, 1.54) is 0 Å². The molecular weight excluding hydrogens is 300 g/mol. The number of hydrogen-bond acceptors (Lipinski definition) is 4. The summed E-state index contributed by atoms with van der Waals surface area (Å²) >= 11 is 0. The maximum atomic E-state index is 6.24. The molecule has 0 atom stereocenters. The topological polar surface area (TPSA) is 67.2 Å². The third-order valence-electron chi connectivity index (χ3n) is 4.37. The maximum Gasteiger partial charge on any atom is 0.0927 e. The van der Waals surface area contributed by atoms with E-state index in [9.17, 15) is 0 Å². The number of nitrogens with one attached hydrogen (secondary N) is 1. The second kappa shape index (κ2) is 6.37. The number of ether oxygens (including phenoxy) is 1. The summed E-state index contributed by atoms with van der Waals surface area (Å²) in [6.45, 7) is 3.36. The highest BCUT2D eigenvalue weighted by molar-refractivity contribution is 5.90. The molecule has 0 spiro atoms. The number of benzene rings is 2. The quantitative estimate of drug-likeness (QED) is 0.728. The van der Waals surface area contributed by atoms with E-state index in [4.69, 9.17) is 10.5 Å². The first-order valence-electron chi connectivity index (χ1n) is 8.15. The highest BCUT2D eigenvalue weighted by Gasteiger charge is 2.11. The minimum atomic E-state index is 0.772. The molecule has 24 heavy (non-hydrogen) atoms. The number of rotatable bonds is 3. The van der Waals surface area contributed by atoms with Crippen LogP contribution in [0, 0.1) is 0 Å². The average molecular weight is 320 g/mol. The number of anilines is 2. The van der Waals surface area contributed by atoms with E-state index in [2.05, 4.69) is 33.3 Å². The van der Waals surface area contributed by atoms with E-state index in [0.717, 1.165) is 59.8 Å². The molecule has 0 bridgehead atoms. The Kier molecular flexibility index (Phi) is 3.92. The van der Waals surface area contributed by atoms with Crippen molar-refractivity contribution in [1.29, 1.82) is 0 Å². The third kappa shape index (κ3) is 2.86. The van der Waals surface area contributed by atoms with Crippen LogP contribution in [0.5, 0.6) is 0 Å². The minimum Gasteiger partial charge on any atom is -0.398 e. The van der Waals surface area contributed by atoms with Crippen LogP contribution in [-0.2, 0) is 4.74 Å². The van der Waals surface area contributed by atoms with Crippen LogP contribution >= 0.6 is 0 Å². The van der Waals surface area contributed by atoms with Gasteiger partial charge in [-0.25, -0.2) is 0 Å². The van der Waals surface area contributed by atoms with Crippen molar-refractivity contribution in [2.24, 2.45) is 0 Å². The summed E-state index contributed by atoms with van der Waals surface area (Å²) < 4.78 is 5.40. The summed E-state index contributed by atoms with van der Waals surface area (Å²) in [5, 5.41) is 8.51. The second-order valence-electron chi connectivity index (χ2n) is 5.90. The summed E-state index contributed by atoms with van der Waals surface area (Å²) in [6.07, 6.45) is 4.01. The Labute approximate surface area is 140 Å². The molecule has 0 saturated carbocycles. The minimum absolute atomic E-state index is 0.772. The third-order valence-corrected chi connectivity index (χ3v) is 4.37. The number of nitrogen functional groups attached to an aromatic ring is 1. The predicted molar refractivity (Wildman–Crippen MR) is 98.9 cm³/mol. The van der Waals surface area contributed by atoms with Gasteiger partial charge < -0.3 is 15.4 Å². The zero-order valence-electron chi connectivity index (χ0n) is 13.4. The molecule has 0 radical (unpaired) electrons. The van der Waals surface area contributed by atoms with Gasteiger partial charge in [0.25, 0.3) is 0 Å². The lowest BCUT2D eigenvalue weighted by molar-refractivity contribution is 0.122. The molecule has 2 heterocycles. The zero-order chi connectivity index (χ0) is 16.4. The summed E-state index contributed by atoms with van der Waals surface area (Å²) in [5.41, 5.74) is 11.1. The second-order valence-corrected chi connectivity index (χ2v) is 5.90. The van der Waals surface area contributed by atoms with Gasteiger partial charge in [0.05, 0.1) is 24.4 Å². The molecule has 3 N–H and O–H groups in total. The van der Waals surface area contributed by atoms with Crippen molar-refractivity contribution in [3.05, 3.63) is 53.7 Å². The van der Waals surface area contributed by atoms with Crippen molar-refractivity contribution in [3.8, 4) is 0 Å². The SMILES string of the molecule is Nc1cc(N2CCOCC2)ccc1C=Cc1n[nH]c2ccccc12. The van der Waals surface area contributed by atoms with Gasteiger partial charge in [0, 0.05) is 29.9 Å². The lowest BCUT2D eigenvalue weighted by Gasteiger charge is -2.29. The number of morpholine rings is 1. The van der Waals surface area contributed by atoms with Crippen LogP contribution in [-0.4, -0.2) is 36.5 Å². The molecule has 0 aliphatic carbocycles. The number of para-hydroxylation sites is 1. The average Bonchev–Trinajstić information content (AvgIpc) is 3.05. The Morgan fingerprint density at radius 2 is 1.92 bits per heavy atom. The fourth-order valence-electron chi connectivity index (χ4n) is 3.01. The number of aromatic amines is 1. The molecule has 1 fully saturated rings. The van der Waals surface area contributed by atoms with Crippen molar-refractivity contribution in [2.45, 2.75) is 0 Å². The number of aromatic nitrogens is 2. The molecular formula is C19H20N4O. The van der Waals surface area contributed by atoms with Gasteiger partial charge in [-0.15, -0.1) is 0 Å². The van der Waals surface area contributed by atoms with Gasteiger partial charge in [0.2, 0.25) is 0 Å². The van der Waals surface area contributed by atoms with E-state index < -0.39 is 0 Å². The van der Waals surface area contributed by atoms with Gasteiger partial charge in [0.1, 0.15) is 0 Å². The molecule has 1 aliphatic heterocycles. The van der Waals surface area contributed by atoms with Crippen LogP contribution in [0.4, 0.5) is 11.4 Å². The van der Waals surface area contributed by atoms with Crippen LogP contribution < -0.4 is 10.6 Å². The first-order valence-corrected chi connectivity index (χ1v) is 8.15. The van der Waals surface area contributed by atoms with Crippen LogP contribution in [0.1, 0.15) is 11.3 Å². The highest BCUT2D eigenvalue weighted by atomic mass is 16.5. The van der Waals surface area contributed by atoms with Gasteiger partial charge in [-0.3, -0.25) is 5.10 Å². The largest absolute Gasteiger partial charge is 0.398 e. The molecule has 5 nitrogen and oxygen atoms in total. The van der Waals surface area contributed by atoms with Crippen molar-refractivity contribution < 1.29 is 4.74 Å². The molecule has 122 valence electrons. The summed E-state index contributed by atoms with van der Waals surface area (Å²) in [5.74, 6) is 0. The number of nitrogens with two attached hydrogens (primary N) is 1. The standard InChI is InChI=1S/C19H20N4O/c20-17-13-15(23-9-11-24-12-10-23)7-5-14(17)6-8-19-16-3-1-2-4-18(16)21-22-19/h1-8,13H,9-12,20H2,(H,21,22). The molecule has 3 aromatic rings. The monoisotopic (exact) mass is 320 g/mol. The molecule has 2 aromatic carbocycles. The molecule has 1 saturated heterocycles. The molecule has 1 aromatic heterocycles. The van der Waals surface area contributed by atoms with Gasteiger partial charge >= 0.3 is 0 Å². The van der Waals surface area contributed by atoms with Crippen molar-refractivity contribution in [1.82, 2.24) is 10.2 Å². The van der Waals surface area contributed by atoms with Crippen molar-refractivity contribution in [2.75, 3.05) is 36.9 Å². The molecule has 0 amide bonds. The normalized spacial score (nSPS) is 15.4. The Balaban J connectivity index is 1.58. The Hall–Kier alpha value is -2.79. The Bertz CT molecular complexity index is 878. The number of fused-ring (bicyclic) bond motifs is 1. The Morgan fingerprint density at radius 1 is 1.08 bits per heavy atom. The van der Waals surface area contributed by atoms with E-state index in [-0.39, 0.29) is 0 Å². The zero-order valence-corrected chi connectivity index (χ0v) is 13.4. The fraction of sp³-hybridized carbons (Fsp3) is 0.211. The van der Waals surface area contributed by atoms with E-state index in [1.807, 2.05) is 36.4 Å². The van der Waals surface area contributed by atoms with Crippen LogP contribution in [0.2, 0.25) is 0 Å². The first kappa shape index (κ1) is 14.8. The van der Waals surface area contributed by atoms with E-state index in [1.54, 1.807) is 0 Å². The van der Waals surface area contributed by atoms with Gasteiger partial charge in [-0.05, 0) is 29.8 Å². The predicted octanol–water partition coefficient (Wildman–Crippen LogP) is 3.15. The van der Waals surface area contributed by atoms with Gasteiger partial charge in [-0.1, -0.05) is 30.3 Å². The first-order chi connectivity index (χ1) is 11.8. The van der Waals surface area contributed by atoms with Gasteiger partial charge in [0.15, 0.2) is 0 Å². The Morgan fingerprint density at radius 3 is 2.75 bits per heavy atom. The van der Waals surface area contributed by atoms with Crippen LogP contribution in [0.25, 0.3) is 23.1 Å². The summed E-state index contributed by atoms with van der Waals surface area (Å²) in [6, 6.07) is 14.3. The van der Waals surface area contributed by atoms with E-state index in [0.29, 0.717) is 0 Å². The summed E-state index contributed by atoms with van der Waals surface area (Å²) in [4.78, 5) is 2.30. The smallest absolute Gasteiger partial charge is 0.0927 e. The highest BCUT2D eigenvalue weighted by Crippen LogP contribution is 2.24. The molecule has 0 unspecified atom stereocenters. The van der Waals surface area contributed by atoms with Crippen LogP contribution in [0.3, 0.4) is 0 Å². The lowest BCUT2D eigenvalue weighted by atomic mass is 10.1. The molecule has 1 aliphatic rings. The van der Waals surface area contributed by atoms with E-state index >= 15 is 0 Å². The fourth-order valence-corrected chi connectivity index (χ4v) is 3.01. The number of nitrogens with zero attached hydrogens (tertiary/aromatic N) is 2. The van der Waals surface area contributed by atoms with Gasteiger partial charge in [-0.2, -0.15) is 5.10 Å². The molecule has 4 rings (SSSR count). The van der Waals surface area contributed by atoms with Crippen molar-refractivity contribution >= 4 is 34.4 Å². The number of hydrogen-bond donors (Lipinski definition) is 2. The summed E-state index contributed by atoms with van der Waals surface area (Å²) in [7, 11) is 0. The maximum absolute atomic E-state index is 6.24. The molecule has 5 heteroatoms.